The summed E-state index contributed by atoms with van der Waals surface area (Å²) in [5.74, 6) is -0.536. The molecule has 0 unspecified atom stereocenters. The Kier molecular flexibility index (Phi) is 4.38. The first-order valence-electron chi connectivity index (χ1n) is 7.42. The van der Waals surface area contributed by atoms with Crippen LogP contribution in [-0.4, -0.2) is 21.6 Å². The normalized spacial score (nSPS) is 10.2. The molecule has 2 amide bonds. The van der Waals surface area contributed by atoms with Gasteiger partial charge in [0.2, 0.25) is 5.91 Å². The van der Waals surface area contributed by atoms with Crippen LogP contribution in [0, 0.1) is 0 Å². The number of aromatic nitrogens is 2. The zero-order valence-corrected chi connectivity index (χ0v) is 13.1. The lowest BCUT2D eigenvalue weighted by Crippen LogP contribution is -2.17. The van der Waals surface area contributed by atoms with Crippen molar-refractivity contribution in [2.24, 2.45) is 0 Å². The number of nitrogens with one attached hydrogen (secondary N) is 2. The van der Waals surface area contributed by atoms with Gasteiger partial charge in [-0.3, -0.25) is 9.59 Å². The first kappa shape index (κ1) is 15.5. The van der Waals surface area contributed by atoms with Crippen LogP contribution in [0.1, 0.15) is 17.3 Å². The topological polar surface area (TPSA) is 76.0 Å². The van der Waals surface area contributed by atoms with E-state index in [1.165, 1.54) is 6.92 Å². The standard InChI is InChI=1S/C18H16N4O2/c1-13(23)20-15-8-3-2-7-14(15)18(24)21-16-9-4-5-10-17(16)22-12-6-11-19-22/h2-12H,1H3,(H,20,23)(H,21,24). The number of rotatable bonds is 4. The van der Waals surface area contributed by atoms with Gasteiger partial charge in [0.25, 0.3) is 5.91 Å². The average molecular weight is 320 g/mol. The van der Waals surface area contributed by atoms with Crippen LogP contribution >= 0.6 is 0 Å². The van der Waals surface area contributed by atoms with Crippen molar-refractivity contribution in [1.29, 1.82) is 0 Å². The molecule has 0 aliphatic heterocycles. The molecule has 0 saturated carbocycles. The molecular formula is C18H16N4O2. The summed E-state index contributed by atoms with van der Waals surface area (Å²) in [7, 11) is 0. The maximum absolute atomic E-state index is 12.6. The second-order valence-electron chi connectivity index (χ2n) is 5.15. The Balaban J connectivity index is 1.91. The van der Waals surface area contributed by atoms with E-state index >= 15 is 0 Å². The molecule has 3 aromatic rings. The number of carbonyl (C=O) groups excluding carboxylic acids is 2. The summed E-state index contributed by atoms with van der Waals surface area (Å²) < 4.78 is 1.68. The second-order valence-corrected chi connectivity index (χ2v) is 5.15. The van der Waals surface area contributed by atoms with E-state index in [1.54, 1.807) is 47.4 Å². The number of nitrogens with zero attached hydrogens (tertiary/aromatic N) is 2. The van der Waals surface area contributed by atoms with Crippen molar-refractivity contribution in [3.8, 4) is 5.69 Å². The molecular weight excluding hydrogens is 304 g/mol. The summed E-state index contributed by atoms with van der Waals surface area (Å²) in [6.45, 7) is 1.40. The number of anilines is 2. The molecule has 0 aliphatic rings. The number of hydrogen-bond acceptors (Lipinski definition) is 3. The molecule has 0 spiro atoms. The molecule has 0 radical (unpaired) electrons. The molecule has 120 valence electrons. The monoisotopic (exact) mass is 320 g/mol. The van der Waals surface area contributed by atoms with Gasteiger partial charge in [0.15, 0.2) is 0 Å². The Hall–Kier alpha value is -3.41. The van der Waals surface area contributed by atoms with Gasteiger partial charge in [0.1, 0.15) is 0 Å². The highest BCUT2D eigenvalue weighted by molar-refractivity contribution is 6.10. The summed E-state index contributed by atoms with van der Waals surface area (Å²) >= 11 is 0. The summed E-state index contributed by atoms with van der Waals surface area (Å²) in [6, 6.07) is 16.1. The molecule has 1 heterocycles. The molecule has 0 saturated heterocycles. The van der Waals surface area contributed by atoms with Crippen LogP contribution in [-0.2, 0) is 4.79 Å². The van der Waals surface area contributed by atoms with Crippen LogP contribution in [0.5, 0.6) is 0 Å². The van der Waals surface area contributed by atoms with Crippen molar-refractivity contribution >= 4 is 23.2 Å². The van der Waals surface area contributed by atoms with Gasteiger partial charge in [-0.25, -0.2) is 4.68 Å². The van der Waals surface area contributed by atoms with Crippen LogP contribution < -0.4 is 10.6 Å². The predicted octanol–water partition coefficient (Wildman–Crippen LogP) is 3.08. The Morgan fingerprint density at radius 1 is 0.917 bits per heavy atom. The quantitative estimate of drug-likeness (QED) is 0.775. The zero-order valence-electron chi connectivity index (χ0n) is 13.1. The molecule has 6 nitrogen and oxygen atoms in total. The number of para-hydroxylation sites is 3. The number of carbonyl (C=O) groups is 2. The molecule has 2 N–H and O–H groups in total. The first-order valence-corrected chi connectivity index (χ1v) is 7.42. The molecule has 24 heavy (non-hydrogen) atoms. The minimum absolute atomic E-state index is 0.229. The number of hydrogen-bond donors (Lipinski definition) is 2. The Labute approximate surface area is 139 Å². The van der Waals surface area contributed by atoms with Crippen LogP contribution in [0.25, 0.3) is 5.69 Å². The number of benzene rings is 2. The lowest BCUT2D eigenvalue weighted by atomic mass is 10.1. The molecule has 6 heteroatoms. The molecule has 0 aliphatic carbocycles. The largest absolute Gasteiger partial charge is 0.326 e. The van der Waals surface area contributed by atoms with E-state index in [-0.39, 0.29) is 11.8 Å². The lowest BCUT2D eigenvalue weighted by molar-refractivity contribution is -0.114. The van der Waals surface area contributed by atoms with Crippen molar-refractivity contribution in [1.82, 2.24) is 9.78 Å². The van der Waals surface area contributed by atoms with Crippen molar-refractivity contribution in [2.75, 3.05) is 10.6 Å². The van der Waals surface area contributed by atoms with Gasteiger partial charge in [-0.15, -0.1) is 0 Å². The third-order valence-electron chi connectivity index (χ3n) is 3.39. The smallest absolute Gasteiger partial charge is 0.257 e. The van der Waals surface area contributed by atoms with Gasteiger partial charge in [-0.2, -0.15) is 5.10 Å². The summed E-state index contributed by atoms with van der Waals surface area (Å²) in [5.41, 5.74) is 2.25. The Morgan fingerprint density at radius 2 is 1.62 bits per heavy atom. The predicted molar refractivity (Wildman–Crippen MR) is 92.3 cm³/mol. The van der Waals surface area contributed by atoms with E-state index in [4.69, 9.17) is 0 Å². The van der Waals surface area contributed by atoms with Gasteiger partial charge < -0.3 is 10.6 Å². The maximum Gasteiger partial charge on any atom is 0.257 e. The maximum atomic E-state index is 12.6. The molecule has 1 aromatic heterocycles. The van der Waals surface area contributed by atoms with Crippen molar-refractivity contribution in [2.45, 2.75) is 6.92 Å². The van der Waals surface area contributed by atoms with Crippen LogP contribution in [0.4, 0.5) is 11.4 Å². The van der Waals surface area contributed by atoms with Gasteiger partial charge in [0.05, 0.1) is 22.6 Å². The Bertz CT molecular complexity index is 872. The molecule has 3 rings (SSSR count). The zero-order chi connectivity index (χ0) is 16.9. The van der Waals surface area contributed by atoms with Crippen LogP contribution in [0.3, 0.4) is 0 Å². The van der Waals surface area contributed by atoms with Crippen molar-refractivity contribution in [3.63, 3.8) is 0 Å². The van der Waals surface area contributed by atoms with E-state index in [0.29, 0.717) is 16.9 Å². The summed E-state index contributed by atoms with van der Waals surface area (Å²) in [5, 5.41) is 9.74. The van der Waals surface area contributed by atoms with Gasteiger partial charge in [0, 0.05) is 19.3 Å². The van der Waals surface area contributed by atoms with Crippen molar-refractivity contribution in [3.05, 3.63) is 72.6 Å². The SMILES string of the molecule is CC(=O)Nc1ccccc1C(=O)Nc1ccccc1-n1cccn1. The average Bonchev–Trinajstić information content (AvgIpc) is 3.09. The van der Waals surface area contributed by atoms with E-state index in [9.17, 15) is 9.59 Å². The van der Waals surface area contributed by atoms with Gasteiger partial charge in [-0.05, 0) is 30.3 Å². The van der Waals surface area contributed by atoms with Gasteiger partial charge >= 0.3 is 0 Å². The minimum Gasteiger partial charge on any atom is -0.326 e. The number of amides is 2. The third kappa shape index (κ3) is 3.33. The van der Waals surface area contributed by atoms with Crippen LogP contribution in [0.15, 0.2) is 67.0 Å². The first-order chi connectivity index (χ1) is 11.6. The highest BCUT2D eigenvalue weighted by Gasteiger charge is 2.14. The van der Waals surface area contributed by atoms with E-state index in [1.807, 2.05) is 24.3 Å². The lowest BCUT2D eigenvalue weighted by Gasteiger charge is -2.13. The molecule has 0 fully saturated rings. The highest BCUT2D eigenvalue weighted by atomic mass is 16.2. The van der Waals surface area contributed by atoms with Crippen LogP contribution in [0.2, 0.25) is 0 Å². The molecule has 0 bridgehead atoms. The van der Waals surface area contributed by atoms with E-state index < -0.39 is 0 Å². The minimum atomic E-state index is -0.307. The fourth-order valence-corrected chi connectivity index (χ4v) is 2.36. The fraction of sp³-hybridized carbons (Fsp3) is 0.0556. The molecule has 0 atom stereocenters. The Morgan fingerprint density at radius 3 is 2.33 bits per heavy atom. The summed E-state index contributed by atoms with van der Waals surface area (Å²) in [4.78, 5) is 23.9. The van der Waals surface area contributed by atoms with Crippen molar-refractivity contribution < 1.29 is 9.59 Å². The molecule has 2 aromatic carbocycles. The third-order valence-corrected chi connectivity index (χ3v) is 3.39. The van der Waals surface area contributed by atoms with Gasteiger partial charge in [-0.1, -0.05) is 24.3 Å². The summed E-state index contributed by atoms with van der Waals surface area (Å²) in [6.07, 6.45) is 3.47. The highest BCUT2D eigenvalue weighted by Crippen LogP contribution is 2.22. The van der Waals surface area contributed by atoms with E-state index in [2.05, 4.69) is 15.7 Å². The fourth-order valence-electron chi connectivity index (χ4n) is 2.36. The van der Waals surface area contributed by atoms with E-state index in [0.717, 1.165) is 5.69 Å². The second kappa shape index (κ2) is 6.78.